The molecule has 0 radical (unpaired) electrons. The Balaban J connectivity index is 1.69. The minimum absolute atomic E-state index is 0.0683. The predicted molar refractivity (Wildman–Crippen MR) is 115 cm³/mol. The van der Waals surface area contributed by atoms with Gasteiger partial charge in [0.15, 0.2) is 12.6 Å². The molecular formula is C20H41N5O7. The number of hydrogen-bond acceptors (Lipinski definition) is 12. The van der Waals surface area contributed by atoms with Gasteiger partial charge in [-0.05, 0) is 40.2 Å². The van der Waals surface area contributed by atoms with Crippen LogP contribution in [-0.2, 0) is 18.9 Å². The maximum atomic E-state index is 11.1. The molecule has 1 unspecified atom stereocenters. The van der Waals surface area contributed by atoms with E-state index in [1.54, 1.807) is 14.0 Å². The van der Waals surface area contributed by atoms with E-state index in [4.69, 9.17) is 41.9 Å². The van der Waals surface area contributed by atoms with Crippen molar-refractivity contribution in [1.29, 1.82) is 0 Å². The SMILES string of the molecule is CN[C@@H]1[C@@H](O)[C@@H](O[C@@H]2[C@H](O)[C@H](OC3O[C@H]([C@H](C)N)CC[C@H]3N)[C@@H](N)C[C@H]2N)OC[C@]1(C)O. The van der Waals surface area contributed by atoms with Crippen LogP contribution in [0.5, 0.6) is 0 Å². The van der Waals surface area contributed by atoms with Gasteiger partial charge in [0.05, 0.1) is 24.8 Å². The van der Waals surface area contributed by atoms with E-state index in [0.29, 0.717) is 12.8 Å². The summed E-state index contributed by atoms with van der Waals surface area (Å²) in [5.74, 6) is 0. The standard InChI is InChI=1S/C20H41N5O7/c1-8(21)12-5-4-9(22)18(30-12)31-15-10(23)6-11(24)16(13(15)26)32-19-14(27)17(25-3)20(2,28)7-29-19/h8-19,25-28H,4-7,21-24H2,1-3H3/t8-,9+,10-,11+,12-,13+,14+,15+,16-,17+,18?,19+,20-/m0/s1. The summed E-state index contributed by atoms with van der Waals surface area (Å²) < 4.78 is 23.4. The Morgan fingerprint density at radius 2 is 1.59 bits per heavy atom. The summed E-state index contributed by atoms with van der Waals surface area (Å²) in [6.07, 6.45) is -4.58. The molecule has 32 heavy (non-hydrogen) atoms. The normalized spacial score (nSPS) is 51.4. The fraction of sp³-hybridized carbons (Fsp3) is 1.00. The minimum atomic E-state index is -1.29. The second-order valence-corrected chi connectivity index (χ2v) is 9.69. The van der Waals surface area contributed by atoms with E-state index >= 15 is 0 Å². The molecule has 3 aliphatic rings. The molecule has 2 aliphatic heterocycles. The highest BCUT2D eigenvalue weighted by atomic mass is 16.7. The molecule has 12 N–H and O–H groups in total. The smallest absolute Gasteiger partial charge is 0.185 e. The van der Waals surface area contributed by atoms with Crippen LogP contribution in [-0.4, -0.2) is 108 Å². The summed E-state index contributed by atoms with van der Waals surface area (Å²) in [6, 6.07) is -2.47. The number of hydrogen-bond donors (Lipinski definition) is 8. The summed E-state index contributed by atoms with van der Waals surface area (Å²) in [5.41, 5.74) is 23.3. The quantitative estimate of drug-likeness (QED) is 0.192. The second-order valence-electron chi connectivity index (χ2n) is 9.69. The average Bonchev–Trinajstić information content (AvgIpc) is 2.71. The highest BCUT2D eigenvalue weighted by Gasteiger charge is 2.50. The van der Waals surface area contributed by atoms with E-state index in [1.807, 2.05) is 6.92 Å². The van der Waals surface area contributed by atoms with E-state index in [2.05, 4.69) is 5.32 Å². The Labute approximate surface area is 188 Å². The van der Waals surface area contributed by atoms with Crippen LogP contribution in [0.15, 0.2) is 0 Å². The van der Waals surface area contributed by atoms with Gasteiger partial charge < -0.3 is 62.5 Å². The summed E-state index contributed by atoms with van der Waals surface area (Å²) in [6.45, 7) is 3.34. The van der Waals surface area contributed by atoms with Gasteiger partial charge in [0.25, 0.3) is 0 Å². The molecule has 188 valence electrons. The van der Waals surface area contributed by atoms with Crippen molar-refractivity contribution < 1.29 is 34.3 Å². The van der Waals surface area contributed by atoms with Crippen LogP contribution >= 0.6 is 0 Å². The van der Waals surface area contributed by atoms with E-state index in [0.717, 1.165) is 6.42 Å². The molecule has 2 saturated heterocycles. The Morgan fingerprint density at radius 1 is 1.00 bits per heavy atom. The molecule has 0 aromatic heterocycles. The monoisotopic (exact) mass is 463 g/mol. The fourth-order valence-corrected chi connectivity index (χ4v) is 4.87. The number of aliphatic hydroxyl groups is 3. The highest BCUT2D eigenvalue weighted by Crippen LogP contribution is 2.31. The number of likely N-dealkylation sites (N-methyl/N-ethyl adjacent to an activating group) is 1. The van der Waals surface area contributed by atoms with Crippen LogP contribution < -0.4 is 28.3 Å². The van der Waals surface area contributed by atoms with Crippen molar-refractivity contribution in [3.05, 3.63) is 0 Å². The van der Waals surface area contributed by atoms with Crippen molar-refractivity contribution in [2.75, 3.05) is 13.7 Å². The fourth-order valence-electron chi connectivity index (χ4n) is 4.87. The molecule has 3 rings (SSSR count). The van der Waals surface area contributed by atoms with Gasteiger partial charge in [0.2, 0.25) is 0 Å². The van der Waals surface area contributed by atoms with Crippen molar-refractivity contribution in [2.45, 2.75) is 112 Å². The van der Waals surface area contributed by atoms with Crippen LogP contribution in [0.1, 0.15) is 33.1 Å². The van der Waals surface area contributed by atoms with Crippen LogP contribution in [0.4, 0.5) is 0 Å². The first-order chi connectivity index (χ1) is 15.0. The molecule has 0 aromatic carbocycles. The first-order valence-electron chi connectivity index (χ1n) is 11.3. The van der Waals surface area contributed by atoms with Crippen LogP contribution in [0.25, 0.3) is 0 Å². The molecule has 12 heteroatoms. The third-order valence-electron chi connectivity index (χ3n) is 6.81. The number of nitrogens with one attached hydrogen (secondary N) is 1. The lowest BCUT2D eigenvalue weighted by molar-refractivity contribution is -0.307. The third-order valence-corrected chi connectivity index (χ3v) is 6.81. The zero-order valence-electron chi connectivity index (χ0n) is 19.0. The minimum Gasteiger partial charge on any atom is -0.388 e. The van der Waals surface area contributed by atoms with Gasteiger partial charge in [-0.1, -0.05) is 0 Å². The summed E-state index contributed by atoms with van der Waals surface area (Å²) in [4.78, 5) is 0. The highest BCUT2D eigenvalue weighted by molar-refractivity contribution is 5.02. The summed E-state index contributed by atoms with van der Waals surface area (Å²) >= 11 is 0. The van der Waals surface area contributed by atoms with Gasteiger partial charge in [-0.2, -0.15) is 0 Å². The van der Waals surface area contributed by atoms with Crippen molar-refractivity contribution >= 4 is 0 Å². The Morgan fingerprint density at radius 3 is 2.16 bits per heavy atom. The van der Waals surface area contributed by atoms with E-state index in [9.17, 15) is 15.3 Å². The molecule has 3 fully saturated rings. The molecule has 0 spiro atoms. The maximum Gasteiger partial charge on any atom is 0.185 e. The Kier molecular flexibility index (Phi) is 8.51. The molecule has 0 aromatic rings. The van der Waals surface area contributed by atoms with Crippen molar-refractivity contribution in [1.82, 2.24) is 5.32 Å². The first-order valence-corrected chi connectivity index (χ1v) is 11.3. The Bertz CT molecular complexity index is 615. The van der Waals surface area contributed by atoms with Crippen molar-refractivity contribution in [3.8, 4) is 0 Å². The number of nitrogens with two attached hydrogens (primary N) is 4. The maximum absolute atomic E-state index is 11.1. The molecule has 13 atom stereocenters. The van der Waals surface area contributed by atoms with Crippen molar-refractivity contribution in [3.63, 3.8) is 0 Å². The number of aliphatic hydroxyl groups excluding tert-OH is 2. The Hall–Kier alpha value is -0.480. The summed E-state index contributed by atoms with van der Waals surface area (Å²) in [7, 11) is 1.62. The molecule has 2 heterocycles. The van der Waals surface area contributed by atoms with E-state index in [1.165, 1.54) is 0 Å². The first kappa shape index (κ1) is 26.1. The average molecular weight is 464 g/mol. The number of ether oxygens (including phenoxy) is 4. The van der Waals surface area contributed by atoms with Gasteiger partial charge in [0, 0.05) is 18.1 Å². The largest absolute Gasteiger partial charge is 0.388 e. The van der Waals surface area contributed by atoms with Gasteiger partial charge in [0.1, 0.15) is 30.0 Å². The topological polar surface area (TPSA) is 214 Å². The zero-order chi connectivity index (χ0) is 23.8. The molecule has 0 amide bonds. The van der Waals surface area contributed by atoms with Gasteiger partial charge in [-0.3, -0.25) is 0 Å². The van der Waals surface area contributed by atoms with Gasteiger partial charge in [-0.15, -0.1) is 0 Å². The van der Waals surface area contributed by atoms with E-state index < -0.39 is 60.7 Å². The molecule has 1 aliphatic carbocycles. The van der Waals surface area contributed by atoms with E-state index in [-0.39, 0.29) is 24.8 Å². The molecular weight excluding hydrogens is 422 g/mol. The van der Waals surface area contributed by atoms with Crippen LogP contribution in [0.2, 0.25) is 0 Å². The lowest BCUT2D eigenvalue weighted by atomic mass is 9.84. The van der Waals surface area contributed by atoms with Crippen molar-refractivity contribution in [2.24, 2.45) is 22.9 Å². The van der Waals surface area contributed by atoms with Gasteiger partial charge >= 0.3 is 0 Å². The second kappa shape index (κ2) is 10.4. The van der Waals surface area contributed by atoms with Gasteiger partial charge in [-0.25, -0.2) is 0 Å². The molecule has 12 nitrogen and oxygen atoms in total. The number of rotatable bonds is 6. The lowest BCUT2D eigenvalue weighted by Gasteiger charge is -2.48. The van der Waals surface area contributed by atoms with Crippen LogP contribution in [0, 0.1) is 0 Å². The van der Waals surface area contributed by atoms with Crippen LogP contribution in [0.3, 0.4) is 0 Å². The summed E-state index contributed by atoms with van der Waals surface area (Å²) in [5, 5.41) is 35.0. The predicted octanol–water partition coefficient (Wildman–Crippen LogP) is -3.59. The zero-order valence-corrected chi connectivity index (χ0v) is 19.0. The lowest BCUT2D eigenvalue weighted by Crippen LogP contribution is -2.68. The molecule has 0 bridgehead atoms. The third kappa shape index (κ3) is 5.43. The molecule has 1 saturated carbocycles.